The van der Waals surface area contributed by atoms with Crippen molar-refractivity contribution < 1.29 is 10.2 Å². The Morgan fingerprint density at radius 1 is 0.829 bits per heavy atom. The predicted molar refractivity (Wildman–Crippen MR) is 149 cm³/mol. The predicted octanol–water partition coefficient (Wildman–Crippen LogP) is 6.16. The number of hydrogen-bond donors (Lipinski definition) is 2. The highest BCUT2D eigenvalue weighted by Gasteiger charge is 2.16. The Labute approximate surface area is 216 Å². The van der Waals surface area contributed by atoms with Crippen LogP contribution in [0.4, 0.5) is 0 Å². The van der Waals surface area contributed by atoms with E-state index in [1.807, 2.05) is 31.2 Å². The van der Waals surface area contributed by atoms with Gasteiger partial charge in [-0.15, -0.1) is 22.7 Å². The third-order valence-corrected chi connectivity index (χ3v) is 8.51. The monoisotopic (exact) mass is 512 g/mol. The van der Waals surface area contributed by atoms with Crippen LogP contribution < -0.4 is 10.9 Å². The van der Waals surface area contributed by atoms with Gasteiger partial charge in [0.2, 0.25) is 0 Å². The fourth-order valence-corrected chi connectivity index (χ4v) is 6.35. The normalized spacial score (nSPS) is 12.6. The van der Waals surface area contributed by atoms with Crippen molar-refractivity contribution in [3.05, 3.63) is 78.7 Å². The molecule has 2 heterocycles. The van der Waals surface area contributed by atoms with Crippen LogP contribution in [0.3, 0.4) is 0 Å². The Kier molecular flexibility index (Phi) is 9.99. The van der Waals surface area contributed by atoms with E-state index < -0.39 is 0 Å². The molecule has 2 aromatic heterocycles. The molecule has 188 valence electrons. The lowest BCUT2D eigenvalue weighted by atomic mass is 9.88. The molecule has 3 aromatic rings. The average Bonchev–Trinajstić information content (AvgIpc) is 2.83. The van der Waals surface area contributed by atoms with Gasteiger partial charge in [-0.25, -0.2) is 0 Å². The highest BCUT2D eigenvalue weighted by molar-refractivity contribution is 7.16. The van der Waals surface area contributed by atoms with Crippen molar-refractivity contribution in [1.29, 1.82) is 0 Å². The van der Waals surface area contributed by atoms with E-state index >= 15 is 0 Å². The highest BCUT2D eigenvalue weighted by Crippen LogP contribution is 2.37. The van der Waals surface area contributed by atoms with Crippen LogP contribution >= 0.6 is 22.7 Å². The van der Waals surface area contributed by atoms with Crippen LogP contribution in [0.15, 0.2) is 58.1 Å². The van der Waals surface area contributed by atoms with Gasteiger partial charge in [0.05, 0.1) is 0 Å². The van der Waals surface area contributed by atoms with E-state index in [9.17, 15) is 19.8 Å². The third kappa shape index (κ3) is 8.21. The van der Waals surface area contributed by atoms with E-state index in [0.29, 0.717) is 0 Å². The second-order valence-corrected chi connectivity index (χ2v) is 12.5. The van der Waals surface area contributed by atoms with Crippen LogP contribution in [0, 0.1) is 11.3 Å². The standard InChI is InChI=1S/C29H36O4S2/c1-20(18-30)8-6-9-23-14-21(32)16-27(34-23)25-11-4-5-12-26(25)28-17-22(33)15-24(35-28)10-7-13-29(2,3)19-31/h4-5,11-12,14-17,20,30-31H,6-10,13,18-19H2,1-3H3. The zero-order chi connectivity index (χ0) is 25.4. The summed E-state index contributed by atoms with van der Waals surface area (Å²) >= 11 is 3.25. The van der Waals surface area contributed by atoms with Crippen LogP contribution in [0.1, 0.15) is 56.2 Å². The first kappa shape index (κ1) is 27.5. The van der Waals surface area contributed by atoms with E-state index in [4.69, 9.17) is 0 Å². The maximum atomic E-state index is 12.6. The Bertz CT molecular complexity index is 1230. The second-order valence-electron chi connectivity index (χ2n) is 10.1. The number of aryl methyl sites for hydroxylation is 2. The van der Waals surface area contributed by atoms with Crippen molar-refractivity contribution in [3.8, 4) is 20.9 Å². The molecule has 3 rings (SSSR count). The minimum atomic E-state index is -0.117. The molecule has 0 bridgehead atoms. The van der Waals surface area contributed by atoms with Crippen molar-refractivity contribution in [2.24, 2.45) is 11.3 Å². The molecule has 0 spiro atoms. The molecule has 6 heteroatoms. The topological polar surface area (TPSA) is 74.6 Å². The van der Waals surface area contributed by atoms with Crippen molar-refractivity contribution in [2.45, 2.75) is 59.3 Å². The molecular weight excluding hydrogens is 476 g/mol. The van der Waals surface area contributed by atoms with Crippen LogP contribution in [0.5, 0.6) is 0 Å². The summed E-state index contributed by atoms with van der Waals surface area (Å²) in [6.07, 6.45) is 5.27. The molecule has 0 saturated carbocycles. The molecule has 0 saturated heterocycles. The van der Waals surface area contributed by atoms with E-state index in [1.165, 1.54) is 0 Å². The third-order valence-electron chi connectivity index (χ3n) is 6.23. The van der Waals surface area contributed by atoms with Gasteiger partial charge >= 0.3 is 0 Å². The zero-order valence-electron chi connectivity index (χ0n) is 20.9. The van der Waals surface area contributed by atoms with Crippen molar-refractivity contribution >= 4 is 22.7 Å². The summed E-state index contributed by atoms with van der Waals surface area (Å²) in [6, 6.07) is 14.8. The Hall–Kier alpha value is -2.12. The number of benzene rings is 1. The lowest BCUT2D eigenvalue weighted by molar-refractivity contribution is 0.148. The molecule has 0 aliphatic heterocycles. The minimum absolute atomic E-state index is 0.00723. The number of rotatable bonds is 12. The summed E-state index contributed by atoms with van der Waals surface area (Å²) in [4.78, 5) is 29.0. The molecule has 0 radical (unpaired) electrons. The second kappa shape index (κ2) is 12.7. The Morgan fingerprint density at radius 3 is 1.83 bits per heavy atom. The number of aliphatic hydroxyl groups is 2. The summed E-state index contributed by atoms with van der Waals surface area (Å²) in [5.41, 5.74) is 1.80. The van der Waals surface area contributed by atoms with Crippen LogP contribution in [-0.4, -0.2) is 23.4 Å². The van der Waals surface area contributed by atoms with Gasteiger partial charge in [-0.2, -0.15) is 0 Å². The maximum absolute atomic E-state index is 12.6. The highest BCUT2D eigenvalue weighted by atomic mass is 32.1. The summed E-state index contributed by atoms with van der Waals surface area (Å²) in [6.45, 7) is 6.47. The summed E-state index contributed by atoms with van der Waals surface area (Å²) < 4.78 is 0. The molecule has 1 unspecified atom stereocenters. The van der Waals surface area contributed by atoms with Gasteiger partial charge in [-0.3, -0.25) is 9.59 Å². The first-order valence-corrected chi connectivity index (χ1v) is 13.9. The summed E-state index contributed by atoms with van der Waals surface area (Å²) in [7, 11) is 0. The first-order valence-electron chi connectivity index (χ1n) is 12.3. The molecule has 2 N–H and O–H groups in total. The minimum Gasteiger partial charge on any atom is -0.396 e. The smallest absolute Gasteiger partial charge is 0.181 e. The molecule has 1 atom stereocenters. The zero-order valence-corrected chi connectivity index (χ0v) is 22.5. The summed E-state index contributed by atoms with van der Waals surface area (Å²) in [5.74, 6) is 0.264. The van der Waals surface area contributed by atoms with E-state index in [0.717, 1.165) is 69.2 Å². The quantitative estimate of drug-likeness (QED) is 0.305. The lowest BCUT2D eigenvalue weighted by Crippen LogP contribution is -2.16. The molecular formula is C29H36O4S2. The van der Waals surface area contributed by atoms with E-state index in [2.05, 4.69) is 13.8 Å². The first-order chi connectivity index (χ1) is 16.7. The Morgan fingerprint density at radius 2 is 1.34 bits per heavy atom. The number of hydrogen-bond acceptors (Lipinski definition) is 6. The van der Waals surface area contributed by atoms with Gasteiger partial charge in [0.25, 0.3) is 0 Å². The maximum Gasteiger partial charge on any atom is 0.181 e. The Balaban J connectivity index is 1.89. The van der Waals surface area contributed by atoms with Gasteiger partial charge in [0.1, 0.15) is 0 Å². The van der Waals surface area contributed by atoms with E-state index in [1.54, 1.807) is 46.9 Å². The molecule has 4 nitrogen and oxygen atoms in total. The van der Waals surface area contributed by atoms with Gasteiger partial charge in [0, 0.05) is 56.0 Å². The van der Waals surface area contributed by atoms with Crippen molar-refractivity contribution in [3.63, 3.8) is 0 Å². The molecule has 0 amide bonds. The average molecular weight is 513 g/mol. The molecule has 35 heavy (non-hydrogen) atoms. The number of aliphatic hydroxyl groups excluding tert-OH is 2. The molecule has 0 aliphatic carbocycles. The molecule has 0 fully saturated rings. The van der Waals surface area contributed by atoms with Crippen LogP contribution in [0.25, 0.3) is 20.9 Å². The van der Waals surface area contributed by atoms with Crippen LogP contribution in [-0.2, 0) is 12.8 Å². The van der Waals surface area contributed by atoms with Crippen molar-refractivity contribution in [1.82, 2.24) is 0 Å². The van der Waals surface area contributed by atoms with Gasteiger partial charge in [-0.05, 0) is 62.0 Å². The largest absolute Gasteiger partial charge is 0.396 e. The molecule has 0 aliphatic rings. The van der Waals surface area contributed by atoms with E-state index in [-0.39, 0.29) is 35.4 Å². The van der Waals surface area contributed by atoms with Gasteiger partial charge in [-0.1, -0.05) is 45.0 Å². The summed E-state index contributed by atoms with van der Waals surface area (Å²) in [5, 5.41) is 18.8. The lowest BCUT2D eigenvalue weighted by Gasteiger charge is -2.21. The molecule has 1 aromatic carbocycles. The fraction of sp³-hybridized carbons (Fsp3) is 0.448. The fourth-order valence-electron chi connectivity index (χ4n) is 4.02. The van der Waals surface area contributed by atoms with Gasteiger partial charge < -0.3 is 10.2 Å². The SMILES string of the molecule is CC(CO)CCCc1cc(=O)cc(-c2ccccc2-c2cc(=O)cc(CCCC(C)(C)CO)s2)s1. The van der Waals surface area contributed by atoms with Crippen molar-refractivity contribution in [2.75, 3.05) is 13.2 Å². The van der Waals surface area contributed by atoms with Gasteiger partial charge in [0.15, 0.2) is 10.9 Å². The van der Waals surface area contributed by atoms with Crippen LogP contribution in [0.2, 0.25) is 0 Å².